The van der Waals surface area contributed by atoms with Crippen LogP contribution in [0.15, 0.2) is 27.6 Å². The van der Waals surface area contributed by atoms with Gasteiger partial charge in [0.15, 0.2) is 0 Å². The van der Waals surface area contributed by atoms with Crippen molar-refractivity contribution < 1.29 is 10.2 Å². The molecule has 0 aliphatic rings. The van der Waals surface area contributed by atoms with Gasteiger partial charge in [-0.3, -0.25) is 0 Å². The number of hydrogen-bond donors (Lipinski definition) is 2. The summed E-state index contributed by atoms with van der Waals surface area (Å²) in [6.07, 6.45) is 0.293. The Morgan fingerprint density at radius 2 is 2.06 bits per heavy atom. The first-order valence-corrected chi connectivity index (χ1v) is 6.97. The van der Waals surface area contributed by atoms with Gasteiger partial charge in [0, 0.05) is 21.2 Å². The molecule has 0 aliphatic heterocycles. The van der Waals surface area contributed by atoms with E-state index in [9.17, 15) is 5.11 Å². The van der Waals surface area contributed by atoms with Crippen molar-refractivity contribution in [1.29, 1.82) is 0 Å². The highest BCUT2D eigenvalue weighted by Crippen LogP contribution is 2.33. The Kier molecular flexibility index (Phi) is 5.83. The molecule has 2 unspecified atom stereocenters. The smallest absolute Gasteiger partial charge is 0.0773 e. The highest BCUT2D eigenvalue weighted by atomic mass is 79.9. The minimum atomic E-state index is -0.471. The van der Waals surface area contributed by atoms with E-state index in [1.807, 2.05) is 18.2 Å². The number of aliphatic hydroxyl groups excluding tert-OH is 2. The zero-order valence-electron chi connectivity index (χ0n) is 9.48. The fourth-order valence-electron chi connectivity index (χ4n) is 1.41. The van der Waals surface area contributed by atoms with Crippen LogP contribution in [0.1, 0.15) is 31.9 Å². The minimum absolute atomic E-state index is 0.203. The van der Waals surface area contributed by atoms with Crippen LogP contribution in [0.4, 0.5) is 0 Å². The number of aliphatic hydroxyl groups is 2. The van der Waals surface area contributed by atoms with E-state index in [1.54, 1.807) is 18.7 Å². The van der Waals surface area contributed by atoms with E-state index >= 15 is 0 Å². The van der Waals surface area contributed by atoms with Gasteiger partial charge in [0.1, 0.15) is 0 Å². The van der Waals surface area contributed by atoms with Crippen LogP contribution < -0.4 is 0 Å². The fourth-order valence-corrected chi connectivity index (χ4v) is 2.96. The maximum atomic E-state index is 9.69. The Hall–Kier alpha value is -0.0300. The van der Waals surface area contributed by atoms with Crippen LogP contribution in [0.2, 0.25) is 0 Å². The molecule has 16 heavy (non-hydrogen) atoms. The topological polar surface area (TPSA) is 40.5 Å². The van der Waals surface area contributed by atoms with Gasteiger partial charge in [0.05, 0.1) is 6.10 Å². The molecule has 0 spiro atoms. The molecular formula is C12H17BrO2S. The SMILES string of the molecule is CC(CCO)Sc1ccc(Br)cc1C(C)O. The first kappa shape index (κ1) is 14.0. The molecule has 2 atom stereocenters. The first-order valence-electron chi connectivity index (χ1n) is 5.29. The maximum absolute atomic E-state index is 9.69. The van der Waals surface area contributed by atoms with Crippen LogP contribution in [-0.4, -0.2) is 22.1 Å². The average Bonchev–Trinajstić information content (AvgIpc) is 2.20. The molecule has 90 valence electrons. The number of benzene rings is 1. The molecule has 0 amide bonds. The lowest BCUT2D eigenvalue weighted by Crippen LogP contribution is -2.01. The molecular weight excluding hydrogens is 288 g/mol. The second-order valence-corrected chi connectivity index (χ2v) is 6.19. The second kappa shape index (κ2) is 6.64. The van der Waals surface area contributed by atoms with E-state index in [2.05, 4.69) is 22.9 Å². The summed E-state index contributed by atoms with van der Waals surface area (Å²) in [5.41, 5.74) is 0.934. The third kappa shape index (κ3) is 4.09. The molecule has 0 saturated heterocycles. The van der Waals surface area contributed by atoms with Crippen molar-refractivity contribution in [3.8, 4) is 0 Å². The summed E-state index contributed by atoms with van der Waals surface area (Å²) in [6.45, 7) is 4.05. The average molecular weight is 305 g/mol. The quantitative estimate of drug-likeness (QED) is 0.820. The molecule has 1 rings (SSSR count). The zero-order valence-corrected chi connectivity index (χ0v) is 11.9. The van der Waals surface area contributed by atoms with Crippen LogP contribution in [0.25, 0.3) is 0 Å². The molecule has 0 aliphatic carbocycles. The van der Waals surface area contributed by atoms with Crippen LogP contribution in [0.3, 0.4) is 0 Å². The summed E-state index contributed by atoms with van der Waals surface area (Å²) < 4.78 is 0.975. The summed E-state index contributed by atoms with van der Waals surface area (Å²) in [5.74, 6) is 0. The lowest BCUT2D eigenvalue weighted by Gasteiger charge is -2.15. The molecule has 0 bridgehead atoms. The monoisotopic (exact) mass is 304 g/mol. The largest absolute Gasteiger partial charge is 0.396 e. The van der Waals surface area contributed by atoms with Gasteiger partial charge < -0.3 is 10.2 Å². The predicted octanol–water partition coefficient (Wildman–Crippen LogP) is 3.37. The molecule has 0 radical (unpaired) electrons. The Morgan fingerprint density at radius 3 is 2.62 bits per heavy atom. The number of rotatable bonds is 5. The Labute approximate surface area is 109 Å². The van der Waals surface area contributed by atoms with Crippen LogP contribution in [-0.2, 0) is 0 Å². The van der Waals surface area contributed by atoms with Crippen molar-refractivity contribution in [2.24, 2.45) is 0 Å². The van der Waals surface area contributed by atoms with Crippen molar-refractivity contribution in [3.05, 3.63) is 28.2 Å². The van der Waals surface area contributed by atoms with Crippen LogP contribution in [0.5, 0.6) is 0 Å². The normalized spacial score (nSPS) is 14.8. The third-order valence-corrected chi connectivity index (χ3v) is 4.04. The van der Waals surface area contributed by atoms with Crippen LogP contribution >= 0.6 is 27.7 Å². The van der Waals surface area contributed by atoms with Gasteiger partial charge >= 0.3 is 0 Å². The molecule has 0 aromatic heterocycles. The molecule has 1 aromatic rings. The summed E-state index contributed by atoms with van der Waals surface area (Å²) in [6, 6.07) is 5.92. The fraction of sp³-hybridized carbons (Fsp3) is 0.500. The van der Waals surface area contributed by atoms with Crippen molar-refractivity contribution in [2.45, 2.75) is 36.5 Å². The minimum Gasteiger partial charge on any atom is -0.396 e. The molecule has 0 fully saturated rings. The zero-order chi connectivity index (χ0) is 12.1. The van der Waals surface area contributed by atoms with Gasteiger partial charge in [-0.2, -0.15) is 0 Å². The van der Waals surface area contributed by atoms with Gasteiger partial charge in [-0.25, -0.2) is 0 Å². The summed E-state index contributed by atoms with van der Waals surface area (Å²) >= 11 is 5.09. The standard InChI is InChI=1S/C12H17BrO2S/c1-8(5-6-14)16-12-4-3-10(13)7-11(12)9(2)15/h3-4,7-9,14-15H,5-6H2,1-2H3. The van der Waals surface area contributed by atoms with E-state index < -0.39 is 6.10 Å². The van der Waals surface area contributed by atoms with Crippen molar-refractivity contribution in [2.75, 3.05) is 6.61 Å². The summed E-state index contributed by atoms with van der Waals surface area (Å²) in [7, 11) is 0. The highest BCUT2D eigenvalue weighted by Gasteiger charge is 2.12. The van der Waals surface area contributed by atoms with Gasteiger partial charge in [-0.1, -0.05) is 22.9 Å². The van der Waals surface area contributed by atoms with E-state index in [0.717, 1.165) is 21.4 Å². The lowest BCUT2D eigenvalue weighted by molar-refractivity contribution is 0.196. The molecule has 0 saturated carbocycles. The molecule has 4 heteroatoms. The van der Waals surface area contributed by atoms with E-state index in [-0.39, 0.29) is 6.61 Å². The predicted molar refractivity (Wildman–Crippen MR) is 71.8 cm³/mol. The Balaban J connectivity index is 2.86. The Morgan fingerprint density at radius 1 is 1.38 bits per heavy atom. The van der Waals surface area contributed by atoms with Crippen LogP contribution in [0, 0.1) is 0 Å². The second-order valence-electron chi connectivity index (χ2n) is 3.80. The van der Waals surface area contributed by atoms with Gasteiger partial charge in [-0.05, 0) is 37.1 Å². The highest BCUT2D eigenvalue weighted by molar-refractivity contribution is 9.10. The van der Waals surface area contributed by atoms with Gasteiger partial charge in [0.2, 0.25) is 0 Å². The van der Waals surface area contributed by atoms with Gasteiger partial charge in [0.25, 0.3) is 0 Å². The number of hydrogen-bond acceptors (Lipinski definition) is 3. The molecule has 0 heterocycles. The first-order chi connectivity index (χ1) is 7.54. The van der Waals surface area contributed by atoms with Crippen molar-refractivity contribution in [3.63, 3.8) is 0 Å². The maximum Gasteiger partial charge on any atom is 0.0773 e. The molecule has 2 nitrogen and oxygen atoms in total. The Bertz CT molecular complexity index is 342. The van der Waals surface area contributed by atoms with Crippen molar-refractivity contribution >= 4 is 27.7 Å². The summed E-state index contributed by atoms with van der Waals surface area (Å²) in [4.78, 5) is 1.08. The number of halogens is 1. The molecule has 1 aromatic carbocycles. The van der Waals surface area contributed by atoms with E-state index in [0.29, 0.717) is 5.25 Å². The lowest BCUT2D eigenvalue weighted by atomic mass is 10.1. The van der Waals surface area contributed by atoms with E-state index in [1.165, 1.54) is 0 Å². The molecule has 2 N–H and O–H groups in total. The van der Waals surface area contributed by atoms with Gasteiger partial charge in [-0.15, -0.1) is 11.8 Å². The number of thioether (sulfide) groups is 1. The third-order valence-electron chi connectivity index (χ3n) is 2.29. The summed E-state index contributed by atoms with van der Waals surface area (Å²) in [5, 5.41) is 18.9. The van der Waals surface area contributed by atoms with Crippen molar-refractivity contribution in [1.82, 2.24) is 0 Å². The van der Waals surface area contributed by atoms with E-state index in [4.69, 9.17) is 5.11 Å².